The zero-order valence-corrected chi connectivity index (χ0v) is 5.51. The van der Waals surface area contributed by atoms with Crippen molar-refractivity contribution in [2.24, 2.45) is 5.92 Å². The molecule has 0 aromatic carbocycles. The van der Waals surface area contributed by atoms with Crippen LogP contribution in [-0.2, 0) is 0 Å². The molecule has 1 aliphatic carbocycles. The number of aliphatic hydroxyl groups excluding tert-OH is 1. The lowest BCUT2D eigenvalue weighted by Crippen LogP contribution is -2.23. The molecule has 2 rings (SSSR count). The van der Waals surface area contributed by atoms with E-state index in [0.29, 0.717) is 6.04 Å². The highest BCUT2D eigenvalue weighted by Crippen LogP contribution is 2.35. The Hall–Kier alpha value is -0.0800. The van der Waals surface area contributed by atoms with E-state index < -0.39 is 0 Å². The minimum Gasteiger partial charge on any atom is -0.392 e. The normalized spacial score (nSPS) is 43.7. The van der Waals surface area contributed by atoms with Gasteiger partial charge in [0.05, 0.1) is 6.10 Å². The van der Waals surface area contributed by atoms with Crippen LogP contribution in [0.3, 0.4) is 0 Å². The Morgan fingerprint density at radius 3 is 2.56 bits per heavy atom. The molecular weight excluding hydrogens is 114 g/mol. The van der Waals surface area contributed by atoms with Crippen LogP contribution in [0, 0.1) is 5.92 Å². The molecule has 2 N–H and O–H groups in total. The predicted octanol–water partition coefficient (Wildman–Crippen LogP) is 0.119. The quantitative estimate of drug-likeness (QED) is 0.524. The first-order chi connectivity index (χ1) is 4.36. The van der Waals surface area contributed by atoms with Gasteiger partial charge in [0, 0.05) is 12.6 Å². The summed E-state index contributed by atoms with van der Waals surface area (Å²) in [6, 6.07) is 0.653. The minimum atomic E-state index is -0.0596. The first kappa shape index (κ1) is 5.69. The fourth-order valence-electron chi connectivity index (χ4n) is 1.60. The van der Waals surface area contributed by atoms with Crippen molar-refractivity contribution in [1.29, 1.82) is 0 Å². The van der Waals surface area contributed by atoms with Crippen molar-refractivity contribution in [3.8, 4) is 0 Å². The maximum absolute atomic E-state index is 9.11. The number of nitrogens with one attached hydrogen (secondary N) is 1. The second-order valence-corrected chi connectivity index (χ2v) is 3.24. The zero-order chi connectivity index (χ0) is 6.27. The Kier molecular flexibility index (Phi) is 1.24. The van der Waals surface area contributed by atoms with Crippen molar-refractivity contribution in [3.05, 3.63) is 0 Å². The second-order valence-electron chi connectivity index (χ2n) is 3.24. The van der Waals surface area contributed by atoms with Gasteiger partial charge in [0.2, 0.25) is 0 Å². The van der Waals surface area contributed by atoms with E-state index in [9.17, 15) is 0 Å². The highest BCUT2D eigenvalue weighted by atomic mass is 16.3. The Morgan fingerprint density at radius 1 is 1.33 bits per heavy atom. The fraction of sp³-hybridized carbons (Fsp3) is 1.00. The molecule has 0 aromatic heterocycles. The van der Waals surface area contributed by atoms with Gasteiger partial charge < -0.3 is 10.4 Å². The van der Waals surface area contributed by atoms with E-state index in [1.807, 2.05) is 0 Å². The third-order valence-corrected chi connectivity index (χ3v) is 2.33. The van der Waals surface area contributed by atoms with Gasteiger partial charge in [0.1, 0.15) is 0 Å². The van der Waals surface area contributed by atoms with E-state index in [4.69, 9.17) is 5.11 Å². The number of aliphatic hydroxyl groups is 1. The Bertz CT molecular complexity index is 111. The first-order valence-corrected chi connectivity index (χ1v) is 3.78. The fourth-order valence-corrected chi connectivity index (χ4v) is 1.60. The van der Waals surface area contributed by atoms with Gasteiger partial charge in [-0.15, -0.1) is 0 Å². The topological polar surface area (TPSA) is 32.3 Å². The summed E-state index contributed by atoms with van der Waals surface area (Å²) in [5.41, 5.74) is 0. The Morgan fingerprint density at radius 2 is 2.11 bits per heavy atom. The maximum atomic E-state index is 9.11. The van der Waals surface area contributed by atoms with Crippen molar-refractivity contribution in [1.82, 2.24) is 5.32 Å². The van der Waals surface area contributed by atoms with Gasteiger partial charge in [0.25, 0.3) is 0 Å². The third-order valence-electron chi connectivity index (χ3n) is 2.33. The largest absolute Gasteiger partial charge is 0.392 e. The molecule has 1 saturated heterocycles. The average Bonchev–Trinajstić information content (AvgIpc) is 2.58. The highest BCUT2D eigenvalue weighted by molar-refractivity contribution is 4.92. The summed E-state index contributed by atoms with van der Waals surface area (Å²) in [4.78, 5) is 0. The summed E-state index contributed by atoms with van der Waals surface area (Å²) >= 11 is 0. The predicted molar refractivity (Wildman–Crippen MR) is 35.1 cm³/mol. The van der Waals surface area contributed by atoms with Crippen molar-refractivity contribution < 1.29 is 5.11 Å². The van der Waals surface area contributed by atoms with Gasteiger partial charge in [-0.1, -0.05) is 0 Å². The molecule has 52 valence electrons. The molecule has 0 radical (unpaired) electrons. The van der Waals surface area contributed by atoms with Crippen LogP contribution in [0.5, 0.6) is 0 Å². The van der Waals surface area contributed by atoms with Crippen LogP contribution in [0.2, 0.25) is 0 Å². The summed E-state index contributed by atoms with van der Waals surface area (Å²) < 4.78 is 0. The standard InChI is InChI=1S/C7H13NO/c9-6-3-7(8-4-6)5-1-2-5/h5-9H,1-4H2. The highest BCUT2D eigenvalue weighted by Gasteiger charge is 2.35. The van der Waals surface area contributed by atoms with Crippen LogP contribution < -0.4 is 5.32 Å². The van der Waals surface area contributed by atoms with E-state index >= 15 is 0 Å². The van der Waals surface area contributed by atoms with Crippen LogP contribution in [0.25, 0.3) is 0 Å². The van der Waals surface area contributed by atoms with E-state index in [2.05, 4.69) is 5.32 Å². The van der Waals surface area contributed by atoms with Crippen LogP contribution in [0.4, 0.5) is 0 Å². The monoisotopic (exact) mass is 127 g/mol. The number of β-amino-alcohol motifs (C(OH)–C–C–N with tert-alkyl or cyclic N) is 1. The summed E-state index contributed by atoms with van der Waals surface area (Å²) in [6.07, 6.45) is 3.69. The molecule has 0 aromatic rings. The van der Waals surface area contributed by atoms with E-state index in [1.165, 1.54) is 12.8 Å². The molecule has 2 heteroatoms. The molecule has 0 bridgehead atoms. The van der Waals surface area contributed by atoms with Gasteiger partial charge in [-0.05, 0) is 25.2 Å². The van der Waals surface area contributed by atoms with Gasteiger partial charge in [-0.25, -0.2) is 0 Å². The molecular formula is C7H13NO. The molecule has 1 saturated carbocycles. The Balaban J connectivity index is 1.86. The number of rotatable bonds is 1. The van der Waals surface area contributed by atoms with E-state index in [0.717, 1.165) is 18.9 Å². The number of hydrogen-bond donors (Lipinski definition) is 2. The molecule has 1 aliphatic heterocycles. The molecule has 2 unspecified atom stereocenters. The van der Waals surface area contributed by atoms with Crippen molar-refractivity contribution in [2.45, 2.75) is 31.4 Å². The lowest BCUT2D eigenvalue weighted by Gasteiger charge is -2.05. The van der Waals surface area contributed by atoms with Gasteiger partial charge >= 0.3 is 0 Å². The molecule has 0 spiro atoms. The number of hydrogen-bond acceptors (Lipinski definition) is 2. The summed E-state index contributed by atoms with van der Waals surface area (Å²) in [5, 5.41) is 12.4. The lowest BCUT2D eigenvalue weighted by molar-refractivity contribution is 0.192. The molecule has 2 aliphatic rings. The average molecular weight is 127 g/mol. The third kappa shape index (κ3) is 1.10. The molecule has 0 amide bonds. The van der Waals surface area contributed by atoms with Gasteiger partial charge in [-0.3, -0.25) is 0 Å². The van der Waals surface area contributed by atoms with Crippen LogP contribution >= 0.6 is 0 Å². The summed E-state index contributed by atoms with van der Waals surface area (Å²) in [6.45, 7) is 0.821. The second kappa shape index (κ2) is 1.96. The molecule has 2 nitrogen and oxygen atoms in total. The molecule has 2 atom stereocenters. The van der Waals surface area contributed by atoms with Crippen LogP contribution in [0.1, 0.15) is 19.3 Å². The lowest BCUT2D eigenvalue weighted by atomic mass is 10.1. The van der Waals surface area contributed by atoms with Crippen molar-refractivity contribution >= 4 is 0 Å². The van der Waals surface area contributed by atoms with Crippen molar-refractivity contribution in [2.75, 3.05) is 6.54 Å². The van der Waals surface area contributed by atoms with Gasteiger partial charge in [-0.2, -0.15) is 0 Å². The summed E-state index contributed by atoms with van der Waals surface area (Å²) in [5.74, 6) is 0.905. The van der Waals surface area contributed by atoms with E-state index in [-0.39, 0.29) is 6.10 Å². The zero-order valence-electron chi connectivity index (χ0n) is 5.51. The van der Waals surface area contributed by atoms with Gasteiger partial charge in [0.15, 0.2) is 0 Å². The maximum Gasteiger partial charge on any atom is 0.0679 e. The van der Waals surface area contributed by atoms with E-state index in [1.54, 1.807) is 0 Å². The van der Waals surface area contributed by atoms with Crippen LogP contribution in [0.15, 0.2) is 0 Å². The molecule has 2 fully saturated rings. The van der Waals surface area contributed by atoms with Crippen molar-refractivity contribution in [3.63, 3.8) is 0 Å². The molecule has 1 heterocycles. The summed E-state index contributed by atoms with van der Waals surface area (Å²) in [7, 11) is 0. The Labute approximate surface area is 55.3 Å². The SMILES string of the molecule is OC1CNC(C2CC2)C1. The molecule has 9 heavy (non-hydrogen) atoms. The first-order valence-electron chi connectivity index (χ1n) is 3.78. The smallest absolute Gasteiger partial charge is 0.0679 e. The minimum absolute atomic E-state index is 0.0596. The van der Waals surface area contributed by atoms with Crippen LogP contribution in [-0.4, -0.2) is 23.8 Å².